The molecule has 0 unspecified atom stereocenters. The van der Waals surface area contributed by atoms with Crippen molar-refractivity contribution >= 4 is 0 Å². The molecule has 19 heavy (non-hydrogen) atoms. The molecule has 1 fully saturated rings. The second kappa shape index (κ2) is 7.06. The first kappa shape index (κ1) is 14.5. The molecule has 2 nitrogen and oxygen atoms in total. The zero-order valence-corrected chi connectivity index (χ0v) is 12.7. The Balaban J connectivity index is 1.79. The molecule has 0 radical (unpaired) electrons. The van der Waals surface area contributed by atoms with Crippen molar-refractivity contribution in [3.8, 4) is 0 Å². The number of hydrogen-bond acceptors (Lipinski definition) is 2. The third-order valence-electron chi connectivity index (χ3n) is 4.21. The molecule has 2 rings (SSSR count). The molecule has 0 spiro atoms. The van der Waals surface area contributed by atoms with Gasteiger partial charge in [-0.1, -0.05) is 30.7 Å². The van der Waals surface area contributed by atoms with E-state index in [-0.39, 0.29) is 0 Å². The maximum Gasteiger partial charge on any atom is 0.0210 e. The van der Waals surface area contributed by atoms with Crippen LogP contribution in [-0.4, -0.2) is 30.6 Å². The quantitative estimate of drug-likeness (QED) is 0.874. The fraction of sp³-hybridized carbons (Fsp3) is 0.647. The molecule has 1 aromatic carbocycles. The van der Waals surface area contributed by atoms with Crippen LogP contribution in [0.15, 0.2) is 18.2 Å². The smallest absolute Gasteiger partial charge is 0.0210 e. The minimum absolute atomic E-state index is 0.702. The molecule has 1 aromatic rings. The number of hydrogen-bond donors (Lipinski definition) is 1. The highest BCUT2D eigenvalue weighted by molar-refractivity contribution is 5.30. The molecule has 106 valence electrons. The molecular formula is C17H28N2. The molecule has 0 amide bonds. The molecule has 1 saturated heterocycles. The molecule has 0 bridgehead atoms. The second-order valence-electron chi connectivity index (χ2n) is 5.93. The fourth-order valence-electron chi connectivity index (χ4n) is 2.92. The Hall–Kier alpha value is -0.860. The van der Waals surface area contributed by atoms with Crippen LogP contribution in [0.2, 0.25) is 0 Å². The Kier molecular flexibility index (Phi) is 5.41. The maximum absolute atomic E-state index is 3.74. The summed E-state index contributed by atoms with van der Waals surface area (Å²) in [4.78, 5) is 2.59. The Morgan fingerprint density at radius 3 is 2.63 bits per heavy atom. The van der Waals surface area contributed by atoms with Gasteiger partial charge in [0, 0.05) is 12.6 Å². The van der Waals surface area contributed by atoms with E-state index in [0.717, 1.165) is 6.54 Å². The molecule has 1 aliphatic rings. The summed E-state index contributed by atoms with van der Waals surface area (Å²) in [5.41, 5.74) is 4.22. The predicted octanol–water partition coefficient (Wildman–Crippen LogP) is 3.27. The predicted molar refractivity (Wildman–Crippen MR) is 82.5 cm³/mol. The summed E-state index contributed by atoms with van der Waals surface area (Å²) < 4.78 is 0. The van der Waals surface area contributed by atoms with E-state index in [1.54, 1.807) is 0 Å². The van der Waals surface area contributed by atoms with Gasteiger partial charge >= 0.3 is 0 Å². The van der Waals surface area contributed by atoms with Crippen molar-refractivity contribution in [1.82, 2.24) is 10.2 Å². The van der Waals surface area contributed by atoms with Crippen LogP contribution in [0.1, 0.15) is 42.9 Å². The minimum atomic E-state index is 0.702. The zero-order chi connectivity index (χ0) is 13.7. The SMILES string of the molecule is CCCN1CCC(NCc2cc(C)ccc2C)CC1. The van der Waals surface area contributed by atoms with E-state index >= 15 is 0 Å². The van der Waals surface area contributed by atoms with E-state index in [4.69, 9.17) is 0 Å². The number of benzene rings is 1. The minimum Gasteiger partial charge on any atom is -0.310 e. The van der Waals surface area contributed by atoms with Crippen LogP contribution >= 0.6 is 0 Å². The fourth-order valence-corrected chi connectivity index (χ4v) is 2.92. The van der Waals surface area contributed by atoms with E-state index in [2.05, 4.69) is 49.2 Å². The highest BCUT2D eigenvalue weighted by Gasteiger charge is 2.17. The monoisotopic (exact) mass is 260 g/mol. The Morgan fingerprint density at radius 2 is 1.95 bits per heavy atom. The van der Waals surface area contributed by atoms with Gasteiger partial charge in [0.2, 0.25) is 0 Å². The number of rotatable bonds is 5. The lowest BCUT2D eigenvalue weighted by Crippen LogP contribution is -2.42. The maximum atomic E-state index is 3.74. The van der Waals surface area contributed by atoms with Gasteiger partial charge < -0.3 is 10.2 Å². The van der Waals surface area contributed by atoms with Crippen molar-refractivity contribution in [1.29, 1.82) is 0 Å². The molecule has 0 aromatic heterocycles. The van der Waals surface area contributed by atoms with Crippen molar-refractivity contribution in [2.45, 2.75) is 52.6 Å². The number of aryl methyl sites for hydroxylation is 2. The third kappa shape index (κ3) is 4.32. The average Bonchev–Trinajstić information content (AvgIpc) is 2.42. The Labute approximate surface area is 118 Å². The number of likely N-dealkylation sites (tertiary alicyclic amines) is 1. The summed E-state index contributed by atoms with van der Waals surface area (Å²) >= 11 is 0. The summed E-state index contributed by atoms with van der Waals surface area (Å²) in [6.45, 7) is 11.5. The molecule has 1 aliphatic heterocycles. The Morgan fingerprint density at radius 1 is 1.21 bits per heavy atom. The molecule has 0 atom stereocenters. The van der Waals surface area contributed by atoms with Crippen LogP contribution in [0.25, 0.3) is 0 Å². The van der Waals surface area contributed by atoms with Crippen molar-refractivity contribution in [2.24, 2.45) is 0 Å². The van der Waals surface area contributed by atoms with Crippen molar-refractivity contribution in [3.63, 3.8) is 0 Å². The van der Waals surface area contributed by atoms with Crippen LogP contribution < -0.4 is 5.32 Å². The van der Waals surface area contributed by atoms with Gasteiger partial charge in [-0.05, 0) is 63.9 Å². The van der Waals surface area contributed by atoms with Crippen LogP contribution in [0.4, 0.5) is 0 Å². The normalized spacial score (nSPS) is 17.8. The lowest BCUT2D eigenvalue weighted by molar-refractivity contribution is 0.197. The van der Waals surface area contributed by atoms with E-state index < -0.39 is 0 Å². The molecule has 0 saturated carbocycles. The van der Waals surface area contributed by atoms with Gasteiger partial charge in [0.15, 0.2) is 0 Å². The molecule has 2 heteroatoms. The molecular weight excluding hydrogens is 232 g/mol. The summed E-state index contributed by atoms with van der Waals surface area (Å²) in [6.07, 6.45) is 3.87. The first-order valence-electron chi connectivity index (χ1n) is 7.71. The van der Waals surface area contributed by atoms with Gasteiger partial charge in [0.1, 0.15) is 0 Å². The highest BCUT2D eigenvalue weighted by Crippen LogP contribution is 2.14. The first-order valence-corrected chi connectivity index (χ1v) is 7.71. The standard InChI is InChI=1S/C17H28N2/c1-4-9-19-10-7-17(8-11-19)18-13-16-12-14(2)5-6-15(16)3/h5-6,12,17-18H,4,7-11,13H2,1-3H3. The number of nitrogens with one attached hydrogen (secondary N) is 1. The van der Waals surface area contributed by atoms with Crippen molar-refractivity contribution in [3.05, 3.63) is 34.9 Å². The first-order chi connectivity index (χ1) is 9.19. The summed E-state index contributed by atoms with van der Waals surface area (Å²) in [7, 11) is 0. The van der Waals surface area contributed by atoms with E-state index in [9.17, 15) is 0 Å². The van der Waals surface area contributed by atoms with Crippen molar-refractivity contribution < 1.29 is 0 Å². The zero-order valence-electron chi connectivity index (χ0n) is 12.7. The molecule has 0 aliphatic carbocycles. The second-order valence-corrected chi connectivity index (χ2v) is 5.93. The van der Waals surface area contributed by atoms with Crippen LogP contribution in [0.5, 0.6) is 0 Å². The number of nitrogens with zero attached hydrogens (tertiary/aromatic N) is 1. The van der Waals surface area contributed by atoms with E-state index in [1.807, 2.05) is 0 Å². The lowest BCUT2D eigenvalue weighted by atomic mass is 10.0. The highest BCUT2D eigenvalue weighted by atomic mass is 15.1. The van der Waals surface area contributed by atoms with Gasteiger partial charge in [-0.25, -0.2) is 0 Å². The van der Waals surface area contributed by atoms with Gasteiger partial charge in [0.25, 0.3) is 0 Å². The van der Waals surface area contributed by atoms with Gasteiger partial charge in [-0.2, -0.15) is 0 Å². The third-order valence-corrected chi connectivity index (χ3v) is 4.21. The van der Waals surface area contributed by atoms with E-state index in [0.29, 0.717) is 6.04 Å². The summed E-state index contributed by atoms with van der Waals surface area (Å²) in [5, 5.41) is 3.74. The topological polar surface area (TPSA) is 15.3 Å². The molecule has 1 N–H and O–H groups in total. The van der Waals surface area contributed by atoms with E-state index in [1.165, 1.54) is 55.6 Å². The molecule has 1 heterocycles. The van der Waals surface area contributed by atoms with Crippen LogP contribution in [0, 0.1) is 13.8 Å². The van der Waals surface area contributed by atoms with Crippen LogP contribution in [-0.2, 0) is 6.54 Å². The van der Waals surface area contributed by atoms with Crippen LogP contribution in [0.3, 0.4) is 0 Å². The largest absolute Gasteiger partial charge is 0.310 e. The van der Waals surface area contributed by atoms with Crippen molar-refractivity contribution in [2.75, 3.05) is 19.6 Å². The van der Waals surface area contributed by atoms with Gasteiger partial charge in [-0.3, -0.25) is 0 Å². The van der Waals surface area contributed by atoms with Gasteiger partial charge in [-0.15, -0.1) is 0 Å². The Bertz CT molecular complexity index is 392. The number of piperidine rings is 1. The van der Waals surface area contributed by atoms with Gasteiger partial charge in [0.05, 0.1) is 0 Å². The summed E-state index contributed by atoms with van der Waals surface area (Å²) in [6, 6.07) is 7.44. The lowest BCUT2D eigenvalue weighted by Gasteiger charge is -2.32. The average molecular weight is 260 g/mol. The summed E-state index contributed by atoms with van der Waals surface area (Å²) in [5.74, 6) is 0.